The minimum absolute atomic E-state index is 0.119. The van der Waals surface area contributed by atoms with Crippen LogP contribution in [0.15, 0.2) is 42.5 Å². The second-order valence-electron chi connectivity index (χ2n) is 4.99. The van der Waals surface area contributed by atoms with Gasteiger partial charge in [-0.2, -0.15) is 0 Å². The van der Waals surface area contributed by atoms with Gasteiger partial charge in [0.15, 0.2) is 6.61 Å². The number of nitrogens with one attached hydrogen (secondary N) is 1. The SMILES string of the molecule is Cc1ccc(C)c(OCC(=O)Nc2cccc(C(=O)O)c2)c1. The second-order valence-corrected chi connectivity index (χ2v) is 4.99. The fourth-order valence-corrected chi connectivity index (χ4v) is 1.93. The summed E-state index contributed by atoms with van der Waals surface area (Å²) in [5.74, 6) is -0.722. The van der Waals surface area contributed by atoms with Gasteiger partial charge in [-0.3, -0.25) is 4.79 Å². The van der Waals surface area contributed by atoms with E-state index in [0.29, 0.717) is 11.4 Å². The van der Waals surface area contributed by atoms with E-state index in [0.717, 1.165) is 11.1 Å². The number of aromatic carboxylic acids is 1. The number of benzene rings is 2. The third-order valence-electron chi connectivity index (χ3n) is 3.10. The Morgan fingerprint density at radius 1 is 1.14 bits per heavy atom. The zero-order chi connectivity index (χ0) is 16.1. The smallest absolute Gasteiger partial charge is 0.335 e. The Kier molecular flexibility index (Phi) is 4.78. The molecule has 114 valence electrons. The normalized spacial score (nSPS) is 10.1. The summed E-state index contributed by atoms with van der Waals surface area (Å²) in [5, 5.41) is 11.5. The summed E-state index contributed by atoms with van der Waals surface area (Å²) in [7, 11) is 0. The molecule has 0 aliphatic carbocycles. The molecule has 22 heavy (non-hydrogen) atoms. The molecule has 0 aromatic heterocycles. The maximum absolute atomic E-state index is 11.9. The number of hydrogen-bond donors (Lipinski definition) is 2. The van der Waals surface area contributed by atoms with Crippen molar-refractivity contribution in [3.63, 3.8) is 0 Å². The third kappa shape index (κ3) is 4.09. The van der Waals surface area contributed by atoms with Gasteiger partial charge < -0.3 is 15.2 Å². The van der Waals surface area contributed by atoms with E-state index in [1.807, 2.05) is 32.0 Å². The molecule has 0 saturated heterocycles. The molecule has 1 amide bonds. The summed E-state index contributed by atoms with van der Waals surface area (Å²) in [6, 6.07) is 11.8. The maximum Gasteiger partial charge on any atom is 0.335 e. The number of ether oxygens (including phenoxy) is 1. The Labute approximate surface area is 128 Å². The van der Waals surface area contributed by atoms with Crippen molar-refractivity contribution in [1.82, 2.24) is 0 Å². The summed E-state index contributed by atoms with van der Waals surface area (Å²) in [4.78, 5) is 22.8. The van der Waals surface area contributed by atoms with Crippen LogP contribution in [0.25, 0.3) is 0 Å². The van der Waals surface area contributed by atoms with Gasteiger partial charge in [0.05, 0.1) is 5.56 Å². The highest BCUT2D eigenvalue weighted by Crippen LogP contribution is 2.19. The molecule has 5 heteroatoms. The number of rotatable bonds is 5. The second kappa shape index (κ2) is 6.76. The first kappa shape index (κ1) is 15.6. The van der Waals surface area contributed by atoms with Crippen LogP contribution in [0.3, 0.4) is 0 Å². The summed E-state index contributed by atoms with van der Waals surface area (Å²) in [6.07, 6.45) is 0. The van der Waals surface area contributed by atoms with Gasteiger partial charge in [0, 0.05) is 5.69 Å². The van der Waals surface area contributed by atoms with Crippen molar-refractivity contribution in [1.29, 1.82) is 0 Å². The Bertz CT molecular complexity index is 710. The van der Waals surface area contributed by atoms with E-state index in [1.165, 1.54) is 12.1 Å². The number of anilines is 1. The van der Waals surface area contributed by atoms with Crippen molar-refractivity contribution >= 4 is 17.6 Å². The molecule has 2 rings (SSSR count). The van der Waals surface area contributed by atoms with E-state index in [9.17, 15) is 9.59 Å². The van der Waals surface area contributed by atoms with Crippen LogP contribution < -0.4 is 10.1 Å². The molecule has 2 aromatic rings. The van der Waals surface area contributed by atoms with Crippen LogP contribution in [0, 0.1) is 13.8 Å². The number of carbonyl (C=O) groups is 2. The topological polar surface area (TPSA) is 75.6 Å². The van der Waals surface area contributed by atoms with Crippen molar-refractivity contribution in [2.45, 2.75) is 13.8 Å². The summed E-state index contributed by atoms with van der Waals surface area (Å²) < 4.78 is 5.50. The van der Waals surface area contributed by atoms with Gasteiger partial charge in [-0.25, -0.2) is 4.79 Å². The van der Waals surface area contributed by atoms with E-state index in [2.05, 4.69) is 5.32 Å². The predicted octanol–water partition coefficient (Wildman–Crippen LogP) is 3.02. The average molecular weight is 299 g/mol. The van der Waals surface area contributed by atoms with Crippen molar-refractivity contribution < 1.29 is 19.4 Å². The van der Waals surface area contributed by atoms with Gasteiger partial charge >= 0.3 is 5.97 Å². The molecule has 0 atom stereocenters. The number of carboxylic acid groups (broad SMARTS) is 1. The highest BCUT2D eigenvalue weighted by Gasteiger charge is 2.08. The molecule has 0 aliphatic rings. The van der Waals surface area contributed by atoms with Crippen LogP contribution >= 0.6 is 0 Å². The average Bonchev–Trinajstić information content (AvgIpc) is 2.48. The number of carbonyl (C=O) groups excluding carboxylic acids is 1. The summed E-state index contributed by atoms with van der Waals surface area (Å²) in [5.41, 5.74) is 2.55. The zero-order valence-electron chi connectivity index (χ0n) is 12.4. The first-order valence-corrected chi connectivity index (χ1v) is 6.79. The molecule has 0 spiro atoms. The van der Waals surface area contributed by atoms with Crippen LogP contribution in [0.5, 0.6) is 5.75 Å². The fourth-order valence-electron chi connectivity index (χ4n) is 1.93. The van der Waals surface area contributed by atoms with Gasteiger partial charge in [-0.1, -0.05) is 18.2 Å². The minimum Gasteiger partial charge on any atom is -0.483 e. The maximum atomic E-state index is 11.9. The Hall–Kier alpha value is -2.82. The highest BCUT2D eigenvalue weighted by molar-refractivity contribution is 5.94. The van der Waals surface area contributed by atoms with Crippen molar-refractivity contribution in [3.8, 4) is 5.75 Å². The van der Waals surface area contributed by atoms with Crippen LogP contribution in [0.4, 0.5) is 5.69 Å². The zero-order valence-corrected chi connectivity index (χ0v) is 12.4. The molecule has 0 fully saturated rings. The molecule has 0 radical (unpaired) electrons. The summed E-state index contributed by atoms with van der Waals surface area (Å²) >= 11 is 0. The molecular weight excluding hydrogens is 282 g/mol. The Morgan fingerprint density at radius 2 is 1.91 bits per heavy atom. The van der Waals surface area contributed by atoms with Crippen LogP contribution in [-0.4, -0.2) is 23.6 Å². The molecule has 2 aromatic carbocycles. The first-order valence-electron chi connectivity index (χ1n) is 6.79. The number of amides is 1. The standard InChI is InChI=1S/C17H17NO4/c1-11-6-7-12(2)15(8-11)22-10-16(19)18-14-5-3-4-13(9-14)17(20)21/h3-9H,10H2,1-2H3,(H,18,19)(H,20,21). The minimum atomic E-state index is -1.04. The molecule has 0 saturated carbocycles. The Morgan fingerprint density at radius 3 is 2.64 bits per heavy atom. The molecule has 5 nitrogen and oxygen atoms in total. The molecule has 0 unspecified atom stereocenters. The molecule has 0 aliphatic heterocycles. The first-order chi connectivity index (χ1) is 10.5. The lowest BCUT2D eigenvalue weighted by Crippen LogP contribution is -2.20. The lowest BCUT2D eigenvalue weighted by molar-refractivity contribution is -0.118. The summed E-state index contributed by atoms with van der Waals surface area (Å²) in [6.45, 7) is 3.72. The quantitative estimate of drug-likeness (QED) is 0.890. The van der Waals surface area contributed by atoms with Gasteiger partial charge in [0.1, 0.15) is 5.75 Å². The van der Waals surface area contributed by atoms with E-state index in [1.54, 1.807) is 12.1 Å². The lowest BCUT2D eigenvalue weighted by Gasteiger charge is -2.10. The van der Waals surface area contributed by atoms with Crippen molar-refractivity contribution in [3.05, 3.63) is 59.2 Å². The van der Waals surface area contributed by atoms with Gasteiger partial charge in [0.2, 0.25) is 0 Å². The fraction of sp³-hybridized carbons (Fsp3) is 0.176. The van der Waals surface area contributed by atoms with Crippen LogP contribution in [-0.2, 0) is 4.79 Å². The number of carboxylic acids is 1. The Balaban J connectivity index is 1.97. The largest absolute Gasteiger partial charge is 0.483 e. The van der Waals surface area contributed by atoms with Crippen molar-refractivity contribution in [2.24, 2.45) is 0 Å². The van der Waals surface area contributed by atoms with Crippen molar-refractivity contribution in [2.75, 3.05) is 11.9 Å². The van der Waals surface area contributed by atoms with Crippen LogP contribution in [0.1, 0.15) is 21.5 Å². The monoisotopic (exact) mass is 299 g/mol. The third-order valence-corrected chi connectivity index (χ3v) is 3.10. The molecular formula is C17H17NO4. The predicted molar refractivity (Wildman–Crippen MR) is 83.4 cm³/mol. The highest BCUT2D eigenvalue weighted by atomic mass is 16.5. The van der Waals surface area contributed by atoms with Gasteiger partial charge in [0.25, 0.3) is 5.91 Å². The molecule has 2 N–H and O–H groups in total. The number of aryl methyl sites for hydroxylation is 2. The molecule has 0 bridgehead atoms. The van der Waals surface area contributed by atoms with E-state index in [-0.39, 0.29) is 18.1 Å². The van der Waals surface area contributed by atoms with E-state index in [4.69, 9.17) is 9.84 Å². The van der Waals surface area contributed by atoms with Gasteiger partial charge in [-0.15, -0.1) is 0 Å². The number of hydrogen-bond acceptors (Lipinski definition) is 3. The van der Waals surface area contributed by atoms with E-state index >= 15 is 0 Å². The molecule has 0 heterocycles. The van der Waals surface area contributed by atoms with Crippen LogP contribution in [0.2, 0.25) is 0 Å². The van der Waals surface area contributed by atoms with E-state index < -0.39 is 5.97 Å². The van der Waals surface area contributed by atoms with Gasteiger partial charge in [-0.05, 0) is 49.2 Å². The lowest BCUT2D eigenvalue weighted by atomic mass is 10.1.